The van der Waals surface area contributed by atoms with Gasteiger partial charge in [0, 0.05) is 70.2 Å². The van der Waals surface area contributed by atoms with Gasteiger partial charge in [-0.15, -0.1) is 11.3 Å². The molecule has 11 aromatic rings. The standard InChI is InChI=1S/C48H31N3S/c1-3-13-32(14-4-1)49(36-27-29-44-41(31-36)37-17-7-10-20-42(37)50(44)33-15-5-2-6-16-33)34-23-25-35(26-24-34)51-43-21-11-8-19-40(43)47-45(51)30-28-39-38-18-9-12-22-46(38)52-48(39)47/h1-31H. The molecule has 0 aliphatic carbocycles. The fourth-order valence-electron chi connectivity index (χ4n) is 8.24. The molecule has 0 N–H and O–H groups in total. The second-order valence-corrected chi connectivity index (χ2v) is 14.4. The zero-order valence-corrected chi connectivity index (χ0v) is 29.0. The number of thiophene rings is 1. The van der Waals surface area contributed by atoms with Crippen molar-refractivity contribution in [3.63, 3.8) is 0 Å². The SMILES string of the molecule is c1ccc(N(c2ccc(-n3c4ccccc4c4c5sc6ccccc6c5ccc43)cc2)c2ccc3c(c2)c2ccccc2n3-c2ccccc2)cc1. The average molecular weight is 682 g/mol. The summed E-state index contributed by atoms with van der Waals surface area (Å²) in [5, 5.41) is 7.74. The predicted molar refractivity (Wildman–Crippen MR) is 223 cm³/mol. The molecule has 4 heteroatoms. The number of anilines is 3. The minimum atomic E-state index is 1.11. The van der Waals surface area contributed by atoms with Crippen LogP contribution in [-0.4, -0.2) is 9.13 Å². The summed E-state index contributed by atoms with van der Waals surface area (Å²) < 4.78 is 7.48. The minimum Gasteiger partial charge on any atom is -0.310 e. The molecule has 0 aliphatic heterocycles. The molecule has 0 fully saturated rings. The van der Waals surface area contributed by atoms with Crippen LogP contribution in [0.1, 0.15) is 0 Å². The van der Waals surface area contributed by atoms with Gasteiger partial charge in [0.1, 0.15) is 0 Å². The van der Waals surface area contributed by atoms with Crippen molar-refractivity contribution in [2.75, 3.05) is 4.90 Å². The Hall–Kier alpha value is -6.62. The van der Waals surface area contributed by atoms with Gasteiger partial charge in [-0.05, 0) is 91.0 Å². The number of hydrogen-bond acceptors (Lipinski definition) is 2. The lowest BCUT2D eigenvalue weighted by Gasteiger charge is -2.26. The summed E-state index contributed by atoms with van der Waals surface area (Å²) in [7, 11) is 0. The van der Waals surface area contributed by atoms with E-state index in [1.165, 1.54) is 63.8 Å². The van der Waals surface area contributed by atoms with Gasteiger partial charge in [-0.1, -0.05) is 97.1 Å². The van der Waals surface area contributed by atoms with Crippen molar-refractivity contribution in [3.8, 4) is 11.4 Å². The molecule has 3 nitrogen and oxygen atoms in total. The lowest BCUT2D eigenvalue weighted by Crippen LogP contribution is -2.10. The second-order valence-electron chi connectivity index (χ2n) is 13.4. The quantitative estimate of drug-likeness (QED) is 0.176. The third-order valence-electron chi connectivity index (χ3n) is 10.5. The molecule has 0 radical (unpaired) electrons. The van der Waals surface area contributed by atoms with E-state index in [4.69, 9.17) is 0 Å². The summed E-state index contributed by atoms with van der Waals surface area (Å²) in [6, 6.07) is 68.2. The molecule has 0 aliphatic rings. The molecule has 52 heavy (non-hydrogen) atoms. The van der Waals surface area contributed by atoms with Crippen LogP contribution in [-0.2, 0) is 0 Å². The predicted octanol–water partition coefficient (Wildman–Crippen LogP) is 13.7. The van der Waals surface area contributed by atoms with Crippen LogP contribution in [0, 0.1) is 0 Å². The van der Waals surface area contributed by atoms with Crippen LogP contribution in [0.25, 0.3) is 75.2 Å². The monoisotopic (exact) mass is 681 g/mol. The van der Waals surface area contributed by atoms with E-state index in [0.29, 0.717) is 0 Å². The summed E-state index contributed by atoms with van der Waals surface area (Å²) in [6.45, 7) is 0. The van der Waals surface area contributed by atoms with Gasteiger partial charge in [-0.2, -0.15) is 0 Å². The van der Waals surface area contributed by atoms with Gasteiger partial charge in [0.2, 0.25) is 0 Å². The van der Waals surface area contributed by atoms with Crippen molar-refractivity contribution in [1.29, 1.82) is 0 Å². The van der Waals surface area contributed by atoms with Crippen LogP contribution in [0.15, 0.2) is 188 Å². The molecule has 8 aromatic carbocycles. The first-order valence-corrected chi connectivity index (χ1v) is 18.5. The third kappa shape index (κ3) is 4.31. The zero-order chi connectivity index (χ0) is 34.2. The number of aromatic nitrogens is 2. The first kappa shape index (κ1) is 29.1. The first-order valence-electron chi connectivity index (χ1n) is 17.7. The maximum atomic E-state index is 2.43. The number of fused-ring (bicyclic) bond motifs is 10. The van der Waals surface area contributed by atoms with E-state index < -0.39 is 0 Å². The van der Waals surface area contributed by atoms with Crippen LogP contribution in [0.3, 0.4) is 0 Å². The average Bonchev–Trinajstić information content (AvgIpc) is 3.87. The van der Waals surface area contributed by atoms with Crippen LogP contribution in [0.2, 0.25) is 0 Å². The van der Waals surface area contributed by atoms with Crippen LogP contribution >= 0.6 is 11.3 Å². The van der Waals surface area contributed by atoms with Gasteiger partial charge in [0.05, 0.1) is 22.1 Å². The van der Waals surface area contributed by atoms with Crippen molar-refractivity contribution in [2.24, 2.45) is 0 Å². The highest BCUT2D eigenvalue weighted by Crippen LogP contribution is 2.44. The third-order valence-corrected chi connectivity index (χ3v) is 11.7. The topological polar surface area (TPSA) is 13.1 Å². The van der Waals surface area contributed by atoms with Crippen molar-refractivity contribution < 1.29 is 0 Å². The number of hydrogen-bond donors (Lipinski definition) is 0. The van der Waals surface area contributed by atoms with Gasteiger partial charge in [0.25, 0.3) is 0 Å². The lowest BCUT2D eigenvalue weighted by molar-refractivity contribution is 1.17. The highest BCUT2D eigenvalue weighted by Gasteiger charge is 2.20. The second kappa shape index (κ2) is 11.5. The molecular formula is C48H31N3S. The van der Waals surface area contributed by atoms with Crippen LogP contribution in [0.4, 0.5) is 17.1 Å². The summed E-state index contributed by atoms with van der Waals surface area (Å²) >= 11 is 1.90. The molecule has 11 rings (SSSR count). The van der Waals surface area contributed by atoms with Gasteiger partial charge in [-0.25, -0.2) is 0 Å². The van der Waals surface area contributed by atoms with E-state index in [1.54, 1.807) is 0 Å². The Morgan fingerprint density at radius 1 is 0.346 bits per heavy atom. The van der Waals surface area contributed by atoms with E-state index in [1.807, 2.05) is 11.3 Å². The molecule has 0 saturated heterocycles. The summed E-state index contributed by atoms with van der Waals surface area (Å²) in [5.74, 6) is 0. The first-order chi connectivity index (χ1) is 25.8. The summed E-state index contributed by atoms with van der Waals surface area (Å²) in [4.78, 5) is 2.37. The molecule has 3 aromatic heterocycles. The van der Waals surface area contributed by atoms with Crippen molar-refractivity contribution >= 4 is 92.2 Å². The molecule has 3 heterocycles. The van der Waals surface area contributed by atoms with E-state index in [9.17, 15) is 0 Å². The van der Waals surface area contributed by atoms with E-state index in [0.717, 1.165) is 28.4 Å². The van der Waals surface area contributed by atoms with E-state index >= 15 is 0 Å². The number of benzene rings is 8. The van der Waals surface area contributed by atoms with Crippen molar-refractivity contribution in [3.05, 3.63) is 188 Å². The molecule has 0 spiro atoms. The smallest absolute Gasteiger partial charge is 0.0555 e. The zero-order valence-electron chi connectivity index (χ0n) is 28.1. The molecule has 0 bridgehead atoms. The molecule has 0 atom stereocenters. The summed E-state index contributed by atoms with van der Waals surface area (Å²) in [5.41, 5.74) is 10.5. The number of nitrogens with zero attached hydrogens (tertiary/aromatic N) is 3. The Labute approximate surface area is 304 Å². The Morgan fingerprint density at radius 3 is 1.67 bits per heavy atom. The fourth-order valence-corrected chi connectivity index (χ4v) is 9.50. The highest BCUT2D eigenvalue weighted by atomic mass is 32.1. The fraction of sp³-hybridized carbons (Fsp3) is 0. The Kier molecular flexibility index (Phi) is 6.42. The molecule has 0 unspecified atom stereocenters. The minimum absolute atomic E-state index is 1.11. The molecular weight excluding hydrogens is 651 g/mol. The van der Waals surface area contributed by atoms with Crippen LogP contribution in [0.5, 0.6) is 0 Å². The van der Waals surface area contributed by atoms with Gasteiger partial charge in [0.15, 0.2) is 0 Å². The molecule has 0 amide bonds. The largest absolute Gasteiger partial charge is 0.310 e. The van der Waals surface area contributed by atoms with E-state index in [-0.39, 0.29) is 0 Å². The Balaban J connectivity index is 1.08. The molecule has 0 saturated carbocycles. The van der Waals surface area contributed by atoms with Crippen LogP contribution < -0.4 is 4.90 Å². The highest BCUT2D eigenvalue weighted by molar-refractivity contribution is 7.26. The normalized spacial score (nSPS) is 11.8. The summed E-state index contributed by atoms with van der Waals surface area (Å²) in [6.07, 6.45) is 0. The number of para-hydroxylation sites is 4. The molecule has 244 valence electrons. The number of rotatable bonds is 5. The van der Waals surface area contributed by atoms with Gasteiger partial charge in [-0.3, -0.25) is 0 Å². The maximum absolute atomic E-state index is 2.43. The Bertz CT molecular complexity index is 3110. The van der Waals surface area contributed by atoms with Crippen molar-refractivity contribution in [1.82, 2.24) is 9.13 Å². The van der Waals surface area contributed by atoms with Gasteiger partial charge >= 0.3 is 0 Å². The van der Waals surface area contributed by atoms with Crippen molar-refractivity contribution in [2.45, 2.75) is 0 Å². The Morgan fingerprint density at radius 2 is 0.885 bits per heavy atom. The maximum Gasteiger partial charge on any atom is 0.0555 e. The van der Waals surface area contributed by atoms with E-state index in [2.05, 4.69) is 202 Å². The van der Waals surface area contributed by atoms with Gasteiger partial charge < -0.3 is 14.0 Å². The lowest BCUT2D eigenvalue weighted by atomic mass is 10.1.